The normalized spacial score (nSPS) is 21.8. The Morgan fingerprint density at radius 1 is 1.55 bits per heavy atom. The number of carboxylic acids is 1. The van der Waals surface area contributed by atoms with Crippen molar-refractivity contribution < 1.29 is 19.4 Å². The number of hydrogen-bond acceptors (Lipinski definition) is 5. The number of rotatable bonds is 6. The number of piperidine rings is 1. The van der Waals surface area contributed by atoms with Crippen LogP contribution < -0.4 is 0 Å². The Bertz CT molecular complexity index is 541. The van der Waals surface area contributed by atoms with Gasteiger partial charge in [0.2, 0.25) is 5.91 Å². The molecule has 0 saturated carbocycles. The van der Waals surface area contributed by atoms with Gasteiger partial charge in [-0.1, -0.05) is 6.92 Å². The van der Waals surface area contributed by atoms with Gasteiger partial charge in [0.1, 0.15) is 5.41 Å². The highest BCUT2D eigenvalue weighted by molar-refractivity contribution is 7.09. The summed E-state index contributed by atoms with van der Waals surface area (Å²) < 4.78 is 5.08. The first-order valence-electron chi connectivity index (χ1n) is 7.44. The number of thiazole rings is 1. The molecule has 1 saturated heterocycles. The number of hydrogen-bond donors (Lipinski definition) is 1. The average molecular weight is 326 g/mol. The molecule has 0 bridgehead atoms. The number of carbonyl (C=O) groups excluding carboxylic acids is 1. The molecular weight excluding hydrogens is 304 g/mol. The minimum Gasteiger partial charge on any atom is -0.481 e. The summed E-state index contributed by atoms with van der Waals surface area (Å²) in [4.78, 5) is 30.1. The lowest BCUT2D eigenvalue weighted by atomic mass is 9.80. The van der Waals surface area contributed by atoms with Gasteiger partial charge in [0.25, 0.3) is 0 Å². The molecule has 7 heteroatoms. The Labute approximate surface area is 134 Å². The highest BCUT2D eigenvalue weighted by Gasteiger charge is 2.43. The van der Waals surface area contributed by atoms with Crippen molar-refractivity contribution in [2.75, 3.05) is 26.8 Å². The van der Waals surface area contributed by atoms with Crippen LogP contribution in [0.1, 0.15) is 30.5 Å². The van der Waals surface area contributed by atoms with Crippen molar-refractivity contribution in [3.8, 4) is 0 Å². The van der Waals surface area contributed by atoms with E-state index in [9.17, 15) is 14.7 Å². The van der Waals surface area contributed by atoms with Crippen molar-refractivity contribution in [3.05, 3.63) is 16.1 Å². The van der Waals surface area contributed by atoms with Crippen LogP contribution in [0.4, 0.5) is 0 Å². The third-order valence-corrected chi connectivity index (χ3v) is 5.08. The summed E-state index contributed by atoms with van der Waals surface area (Å²) in [5.41, 5.74) is -0.218. The first kappa shape index (κ1) is 16.9. The van der Waals surface area contributed by atoms with Crippen molar-refractivity contribution in [1.29, 1.82) is 0 Å². The highest BCUT2D eigenvalue weighted by Crippen LogP contribution is 2.31. The van der Waals surface area contributed by atoms with E-state index in [1.54, 1.807) is 16.2 Å². The second-order valence-corrected chi connectivity index (χ2v) is 6.64. The van der Waals surface area contributed by atoms with Gasteiger partial charge in [-0.25, -0.2) is 4.98 Å². The average Bonchev–Trinajstić information content (AvgIpc) is 2.95. The van der Waals surface area contributed by atoms with Crippen LogP contribution in [-0.4, -0.2) is 53.7 Å². The minimum absolute atomic E-state index is 0.0608. The zero-order valence-corrected chi connectivity index (χ0v) is 13.8. The molecule has 1 N–H and O–H groups in total. The van der Waals surface area contributed by atoms with Crippen LogP contribution in [0.3, 0.4) is 0 Å². The van der Waals surface area contributed by atoms with Crippen LogP contribution in [0.5, 0.6) is 0 Å². The van der Waals surface area contributed by atoms with Crippen LogP contribution in [0.25, 0.3) is 0 Å². The maximum absolute atomic E-state index is 12.4. The van der Waals surface area contributed by atoms with Gasteiger partial charge in [0.15, 0.2) is 0 Å². The summed E-state index contributed by atoms with van der Waals surface area (Å²) >= 11 is 1.56. The third kappa shape index (κ3) is 3.64. The summed E-state index contributed by atoms with van der Waals surface area (Å²) in [6, 6.07) is 0. The molecule has 1 aliphatic rings. The van der Waals surface area contributed by atoms with Crippen LogP contribution in [0.2, 0.25) is 0 Å². The molecule has 2 rings (SSSR count). The van der Waals surface area contributed by atoms with Crippen molar-refractivity contribution in [3.63, 3.8) is 0 Å². The topological polar surface area (TPSA) is 79.7 Å². The number of aryl methyl sites for hydroxylation is 1. The Balaban J connectivity index is 2.04. The predicted molar refractivity (Wildman–Crippen MR) is 83.0 cm³/mol. The molecule has 22 heavy (non-hydrogen) atoms. The Hall–Kier alpha value is -1.47. The maximum Gasteiger partial charge on any atom is 0.313 e. The SMILES string of the molecule is CCc1nc(CC(=O)N2CCCC(COC)(C(=O)O)C2)cs1. The molecule has 122 valence electrons. The Kier molecular flexibility index (Phi) is 5.52. The van der Waals surface area contributed by atoms with Gasteiger partial charge >= 0.3 is 5.97 Å². The summed E-state index contributed by atoms with van der Waals surface area (Å²) in [6.07, 6.45) is 2.31. The van der Waals surface area contributed by atoms with E-state index in [4.69, 9.17) is 4.74 Å². The molecule has 1 unspecified atom stereocenters. The number of amides is 1. The predicted octanol–water partition coefficient (Wildman–Crippen LogP) is 1.59. The van der Waals surface area contributed by atoms with Crippen LogP contribution in [0.15, 0.2) is 5.38 Å². The van der Waals surface area contributed by atoms with Gasteiger partial charge in [-0.15, -0.1) is 11.3 Å². The fourth-order valence-electron chi connectivity index (χ4n) is 2.83. The van der Waals surface area contributed by atoms with E-state index in [0.29, 0.717) is 19.4 Å². The van der Waals surface area contributed by atoms with Crippen LogP contribution in [-0.2, 0) is 27.2 Å². The smallest absolute Gasteiger partial charge is 0.313 e. The summed E-state index contributed by atoms with van der Waals surface area (Å²) in [7, 11) is 1.49. The van der Waals surface area contributed by atoms with E-state index in [0.717, 1.165) is 17.1 Å². The summed E-state index contributed by atoms with van der Waals surface area (Å²) in [5, 5.41) is 12.4. The quantitative estimate of drug-likeness (QED) is 0.859. The molecule has 2 heterocycles. The lowest BCUT2D eigenvalue weighted by Gasteiger charge is -2.39. The monoisotopic (exact) mass is 326 g/mol. The highest BCUT2D eigenvalue weighted by atomic mass is 32.1. The Morgan fingerprint density at radius 2 is 2.32 bits per heavy atom. The molecule has 1 fully saturated rings. The molecule has 0 aliphatic carbocycles. The number of carbonyl (C=O) groups is 2. The molecule has 1 aliphatic heterocycles. The van der Waals surface area contributed by atoms with Gasteiger partial charge in [-0.3, -0.25) is 9.59 Å². The molecule has 0 spiro atoms. The molecule has 1 amide bonds. The molecule has 6 nitrogen and oxygen atoms in total. The van der Waals surface area contributed by atoms with Crippen LogP contribution >= 0.6 is 11.3 Å². The number of ether oxygens (including phenoxy) is 1. The second kappa shape index (κ2) is 7.19. The van der Waals surface area contributed by atoms with Crippen LogP contribution in [0, 0.1) is 5.41 Å². The van der Waals surface area contributed by atoms with Gasteiger partial charge in [0.05, 0.1) is 23.7 Å². The molecule has 1 aromatic rings. The first-order valence-corrected chi connectivity index (χ1v) is 8.32. The maximum atomic E-state index is 12.4. The number of likely N-dealkylation sites (tertiary alicyclic amines) is 1. The molecule has 1 atom stereocenters. The van der Waals surface area contributed by atoms with Crippen molar-refractivity contribution in [1.82, 2.24) is 9.88 Å². The fourth-order valence-corrected chi connectivity index (χ4v) is 3.58. The second-order valence-electron chi connectivity index (χ2n) is 5.70. The first-order chi connectivity index (χ1) is 10.5. The minimum atomic E-state index is -0.987. The summed E-state index contributed by atoms with van der Waals surface area (Å²) in [5.74, 6) is -0.955. The van der Waals surface area contributed by atoms with E-state index < -0.39 is 11.4 Å². The van der Waals surface area contributed by atoms with E-state index in [2.05, 4.69) is 4.98 Å². The fraction of sp³-hybridized carbons (Fsp3) is 0.667. The van der Waals surface area contributed by atoms with E-state index in [-0.39, 0.29) is 25.5 Å². The molecule has 0 aromatic carbocycles. The van der Waals surface area contributed by atoms with Crippen molar-refractivity contribution in [2.24, 2.45) is 5.41 Å². The Morgan fingerprint density at radius 3 is 2.91 bits per heavy atom. The van der Waals surface area contributed by atoms with E-state index in [1.807, 2.05) is 12.3 Å². The standard InChI is InChI=1S/C15H22N2O4S/c1-3-12-16-11(8-22-12)7-13(18)17-6-4-5-15(9-17,10-21-2)14(19)20/h8H,3-7,9-10H2,1-2H3,(H,19,20). The van der Waals surface area contributed by atoms with Gasteiger partial charge < -0.3 is 14.7 Å². The van der Waals surface area contributed by atoms with Gasteiger partial charge in [-0.2, -0.15) is 0 Å². The number of carboxylic acid groups (broad SMARTS) is 1. The molecule has 1 aromatic heterocycles. The number of methoxy groups -OCH3 is 1. The number of nitrogens with zero attached hydrogens (tertiary/aromatic N) is 2. The molecular formula is C15H22N2O4S. The zero-order chi connectivity index (χ0) is 16.2. The largest absolute Gasteiger partial charge is 0.481 e. The van der Waals surface area contributed by atoms with E-state index >= 15 is 0 Å². The number of aromatic nitrogens is 1. The van der Waals surface area contributed by atoms with Crippen molar-refractivity contribution >= 4 is 23.2 Å². The van der Waals surface area contributed by atoms with Crippen molar-refractivity contribution in [2.45, 2.75) is 32.6 Å². The molecule has 0 radical (unpaired) electrons. The lowest BCUT2D eigenvalue weighted by molar-refractivity contribution is -0.159. The lowest BCUT2D eigenvalue weighted by Crippen LogP contribution is -2.52. The van der Waals surface area contributed by atoms with E-state index in [1.165, 1.54) is 7.11 Å². The van der Waals surface area contributed by atoms with Gasteiger partial charge in [-0.05, 0) is 19.3 Å². The van der Waals surface area contributed by atoms with Gasteiger partial charge in [0, 0.05) is 25.6 Å². The zero-order valence-electron chi connectivity index (χ0n) is 13.0. The summed E-state index contributed by atoms with van der Waals surface area (Å²) in [6.45, 7) is 2.96. The number of aliphatic carboxylic acids is 1. The third-order valence-electron chi connectivity index (χ3n) is 4.04.